The third-order valence-corrected chi connectivity index (χ3v) is 5.98. The molecule has 0 spiro atoms. The van der Waals surface area contributed by atoms with E-state index in [-0.39, 0.29) is 24.7 Å². The molecule has 1 amide bonds. The van der Waals surface area contributed by atoms with Crippen LogP contribution < -0.4 is 5.32 Å². The van der Waals surface area contributed by atoms with Crippen LogP contribution in [-0.2, 0) is 20.5 Å². The minimum Gasteiger partial charge on any atom is -0.311 e. The lowest BCUT2D eigenvalue weighted by molar-refractivity contribution is -0.114. The van der Waals surface area contributed by atoms with E-state index in [2.05, 4.69) is 20.4 Å². The summed E-state index contributed by atoms with van der Waals surface area (Å²) in [6.07, 6.45) is 2.66. The molecule has 0 radical (unpaired) electrons. The van der Waals surface area contributed by atoms with Crippen LogP contribution in [0.5, 0.6) is 0 Å². The predicted octanol–water partition coefficient (Wildman–Crippen LogP) is 1.52. The van der Waals surface area contributed by atoms with Crippen molar-refractivity contribution >= 4 is 32.7 Å². The Morgan fingerprint density at radius 2 is 2.03 bits per heavy atom. The zero-order chi connectivity index (χ0) is 21.0. The van der Waals surface area contributed by atoms with Crippen molar-refractivity contribution in [3.05, 3.63) is 41.9 Å². The normalized spacial score (nSPS) is 16.6. The summed E-state index contributed by atoms with van der Waals surface area (Å²) in [7, 11) is -3.44. The van der Waals surface area contributed by atoms with E-state index in [1.54, 1.807) is 29.1 Å². The smallest absolute Gasteiger partial charge is 0.222 e. The zero-order valence-corrected chi connectivity index (χ0v) is 16.9. The van der Waals surface area contributed by atoms with Gasteiger partial charge in [0.15, 0.2) is 11.5 Å². The summed E-state index contributed by atoms with van der Waals surface area (Å²) in [5.41, 5.74) is -0.339. The number of hydrogen-bond donors (Lipinski definition) is 1. The molecule has 3 aromatic rings. The van der Waals surface area contributed by atoms with Crippen molar-refractivity contribution in [3.63, 3.8) is 0 Å². The Morgan fingerprint density at radius 3 is 2.69 bits per heavy atom. The number of nitrogens with one attached hydrogen (secondary N) is 1. The second-order valence-electron chi connectivity index (χ2n) is 7.14. The van der Waals surface area contributed by atoms with Crippen LogP contribution in [0.3, 0.4) is 0 Å². The van der Waals surface area contributed by atoms with Crippen LogP contribution in [0.1, 0.15) is 18.3 Å². The molecule has 11 heteroatoms. The van der Waals surface area contributed by atoms with Crippen LogP contribution in [0.25, 0.3) is 16.7 Å². The lowest BCUT2D eigenvalue weighted by atomic mass is 9.94. The van der Waals surface area contributed by atoms with Gasteiger partial charge in [0.1, 0.15) is 5.82 Å². The van der Waals surface area contributed by atoms with Gasteiger partial charge in [0, 0.05) is 24.6 Å². The Kier molecular flexibility index (Phi) is 4.39. The number of aromatic nitrogens is 4. The third kappa shape index (κ3) is 3.47. The number of pyridine rings is 2. The molecular formula is C18H19FN6O3S. The maximum absolute atomic E-state index is 15.2. The predicted molar refractivity (Wildman–Crippen MR) is 105 cm³/mol. The van der Waals surface area contributed by atoms with Crippen LogP contribution >= 0.6 is 0 Å². The van der Waals surface area contributed by atoms with E-state index < -0.39 is 15.7 Å². The second-order valence-corrected chi connectivity index (χ2v) is 9.12. The van der Waals surface area contributed by atoms with Crippen LogP contribution in [0.2, 0.25) is 0 Å². The SMILES string of the molecule is CC(=O)Nc1cc2c(cn1)c(C)nn2-c1cccc(C2(F)CN(S(C)(=O)=O)C2)n1. The first-order valence-corrected chi connectivity index (χ1v) is 10.7. The molecule has 1 fully saturated rings. The van der Waals surface area contributed by atoms with E-state index in [1.165, 1.54) is 13.0 Å². The van der Waals surface area contributed by atoms with Gasteiger partial charge in [-0.1, -0.05) is 6.07 Å². The van der Waals surface area contributed by atoms with Crippen LogP contribution in [0.15, 0.2) is 30.5 Å². The number of anilines is 1. The van der Waals surface area contributed by atoms with Gasteiger partial charge >= 0.3 is 0 Å². The Labute approximate surface area is 166 Å². The number of alkyl halides is 1. The molecule has 4 rings (SSSR count). The van der Waals surface area contributed by atoms with Crippen LogP contribution in [-0.4, -0.2) is 57.7 Å². The minimum atomic E-state index is -3.44. The van der Waals surface area contributed by atoms with Gasteiger partial charge < -0.3 is 5.32 Å². The lowest BCUT2D eigenvalue weighted by Crippen LogP contribution is -2.58. The molecule has 29 heavy (non-hydrogen) atoms. The van der Waals surface area contributed by atoms with E-state index in [0.29, 0.717) is 22.8 Å². The average molecular weight is 418 g/mol. The number of fused-ring (bicyclic) bond motifs is 1. The Morgan fingerprint density at radius 1 is 1.31 bits per heavy atom. The first kappa shape index (κ1) is 19.4. The molecular weight excluding hydrogens is 399 g/mol. The summed E-state index contributed by atoms with van der Waals surface area (Å²) in [5, 5.41) is 7.87. The first-order valence-electron chi connectivity index (χ1n) is 8.82. The van der Waals surface area contributed by atoms with Gasteiger partial charge in [-0.3, -0.25) is 4.79 Å². The number of rotatable bonds is 4. The molecule has 0 saturated carbocycles. The molecule has 1 N–H and O–H groups in total. The first-order chi connectivity index (χ1) is 13.6. The van der Waals surface area contributed by atoms with Gasteiger partial charge in [0.05, 0.1) is 36.2 Å². The third-order valence-electron chi connectivity index (χ3n) is 4.79. The fraction of sp³-hybridized carbons (Fsp3) is 0.333. The van der Waals surface area contributed by atoms with Crippen molar-refractivity contribution in [2.45, 2.75) is 19.5 Å². The molecule has 1 aliphatic rings. The van der Waals surface area contributed by atoms with Gasteiger partial charge in [-0.05, 0) is 19.1 Å². The fourth-order valence-electron chi connectivity index (χ4n) is 3.28. The fourth-order valence-corrected chi connectivity index (χ4v) is 4.16. The monoisotopic (exact) mass is 418 g/mol. The summed E-state index contributed by atoms with van der Waals surface area (Å²) in [6, 6.07) is 6.54. The quantitative estimate of drug-likeness (QED) is 0.688. The largest absolute Gasteiger partial charge is 0.311 e. The molecule has 0 unspecified atom stereocenters. The molecule has 9 nitrogen and oxygen atoms in total. The summed E-state index contributed by atoms with van der Waals surface area (Å²) < 4.78 is 40.9. The van der Waals surface area contributed by atoms with Crippen molar-refractivity contribution in [1.29, 1.82) is 0 Å². The number of halogens is 1. The number of nitrogens with zero attached hydrogens (tertiary/aromatic N) is 5. The molecule has 0 aromatic carbocycles. The zero-order valence-electron chi connectivity index (χ0n) is 16.0. The van der Waals surface area contributed by atoms with E-state index >= 15 is 4.39 Å². The second kappa shape index (κ2) is 6.56. The molecule has 152 valence electrons. The number of carbonyl (C=O) groups excluding carboxylic acids is 1. The highest BCUT2D eigenvalue weighted by Gasteiger charge is 2.50. The highest BCUT2D eigenvalue weighted by atomic mass is 32.2. The van der Waals surface area contributed by atoms with Crippen molar-refractivity contribution in [1.82, 2.24) is 24.1 Å². The Balaban J connectivity index is 1.74. The highest BCUT2D eigenvalue weighted by Crippen LogP contribution is 2.36. The molecule has 3 aromatic heterocycles. The molecule has 1 saturated heterocycles. The number of hydrogen-bond acceptors (Lipinski definition) is 6. The van der Waals surface area contributed by atoms with Gasteiger partial charge in [0.25, 0.3) is 0 Å². The van der Waals surface area contributed by atoms with E-state index in [9.17, 15) is 13.2 Å². The Bertz CT molecular complexity index is 1230. The lowest BCUT2D eigenvalue weighted by Gasteiger charge is -2.42. The number of carbonyl (C=O) groups is 1. The summed E-state index contributed by atoms with van der Waals surface area (Å²) >= 11 is 0. The summed E-state index contributed by atoms with van der Waals surface area (Å²) in [4.78, 5) is 19.9. The van der Waals surface area contributed by atoms with Gasteiger partial charge in [-0.15, -0.1) is 0 Å². The summed E-state index contributed by atoms with van der Waals surface area (Å²) in [5.74, 6) is 0.502. The Hall–Kier alpha value is -2.92. The molecule has 0 aliphatic carbocycles. The van der Waals surface area contributed by atoms with Crippen molar-refractivity contribution in [3.8, 4) is 5.82 Å². The van der Waals surface area contributed by atoms with Crippen LogP contribution in [0, 0.1) is 6.92 Å². The van der Waals surface area contributed by atoms with E-state index in [0.717, 1.165) is 15.9 Å². The number of aryl methyl sites for hydroxylation is 1. The highest BCUT2D eigenvalue weighted by molar-refractivity contribution is 7.88. The molecule has 1 aliphatic heterocycles. The van der Waals surface area contributed by atoms with E-state index in [4.69, 9.17) is 0 Å². The van der Waals surface area contributed by atoms with Gasteiger partial charge in [-0.2, -0.15) is 9.40 Å². The average Bonchev–Trinajstić information content (AvgIpc) is 2.94. The van der Waals surface area contributed by atoms with Crippen molar-refractivity contribution < 1.29 is 17.6 Å². The standard InChI is InChI=1S/C18H19FN6O3S/c1-11-13-8-20-16(21-12(2)26)7-14(13)25(23-11)17-6-4-5-15(22-17)18(19)9-24(10-18)29(3,27)28/h4-8H,9-10H2,1-3H3,(H,20,21,26). The van der Waals surface area contributed by atoms with Crippen LogP contribution in [0.4, 0.5) is 10.2 Å². The molecule has 0 bridgehead atoms. The van der Waals surface area contributed by atoms with Gasteiger partial charge in [-0.25, -0.2) is 27.5 Å². The summed E-state index contributed by atoms with van der Waals surface area (Å²) in [6.45, 7) is 2.67. The maximum Gasteiger partial charge on any atom is 0.222 e. The van der Waals surface area contributed by atoms with Crippen molar-refractivity contribution in [2.75, 3.05) is 24.7 Å². The molecule has 0 atom stereocenters. The van der Waals surface area contributed by atoms with Gasteiger partial charge in [0.2, 0.25) is 15.9 Å². The number of sulfonamides is 1. The minimum absolute atomic E-state index is 0.146. The molecule has 4 heterocycles. The number of amides is 1. The van der Waals surface area contributed by atoms with E-state index in [1.807, 2.05) is 6.92 Å². The topological polar surface area (TPSA) is 110 Å². The van der Waals surface area contributed by atoms with Crippen molar-refractivity contribution in [2.24, 2.45) is 0 Å². The maximum atomic E-state index is 15.2.